The molecule has 1 N–H and O–H groups in total. The number of nitriles is 1. The van der Waals surface area contributed by atoms with E-state index in [0.717, 1.165) is 11.6 Å². The lowest BCUT2D eigenvalue weighted by Crippen LogP contribution is -2.07. The molecule has 6 heteroatoms. The highest BCUT2D eigenvalue weighted by Gasteiger charge is 2.06. The fraction of sp³-hybridized carbons (Fsp3) is 0.250. The van der Waals surface area contributed by atoms with Crippen molar-refractivity contribution in [3.63, 3.8) is 0 Å². The van der Waals surface area contributed by atoms with Gasteiger partial charge in [0.05, 0.1) is 12.1 Å². The van der Waals surface area contributed by atoms with Crippen molar-refractivity contribution in [2.45, 2.75) is 13.5 Å². The van der Waals surface area contributed by atoms with Crippen LogP contribution in [0.4, 0.5) is 10.1 Å². The third-order valence-corrected chi connectivity index (χ3v) is 2.72. The van der Waals surface area contributed by atoms with Gasteiger partial charge in [-0.15, -0.1) is 10.2 Å². The van der Waals surface area contributed by atoms with Gasteiger partial charge in [0.2, 0.25) is 0 Å². The molecule has 0 aliphatic heterocycles. The lowest BCUT2D eigenvalue weighted by molar-refractivity contribution is 0.624. The molecule has 2 rings (SSSR count). The number of aryl methyl sites for hydroxylation is 1. The second-order valence-electron chi connectivity index (χ2n) is 3.88. The van der Waals surface area contributed by atoms with Gasteiger partial charge in [0.15, 0.2) is 5.82 Å². The first-order chi connectivity index (χ1) is 8.61. The zero-order valence-corrected chi connectivity index (χ0v) is 10.1. The van der Waals surface area contributed by atoms with E-state index in [2.05, 4.69) is 15.5 Å². The molecule has 2 aromatic rings. The van der Waals surface area contributed by atoms with Crippen LogP contribution in [0.1, 0.15) is 17.2 Å². The van der Waals surface area contributed by atoms with Crippen molar-refractivity contribution in [1.29, 1.82) is 5.26 Å². The van der Waals surface area contributed by atoms with Crippen LogP contribution in [-0.2, 0) is 13.6 Å². The predicted octanol–water partition coefficient (Wildman–Crippen LogP) is 1.75. The summed E-state index contributed by atoms with van der Waals surface area (Å²) in [7, 11) is 1.87. The van der Waals surface area contributed by atoms with Gasteiger partial charge in [-0.1, -0.05) is 0 Å². The van der Waals surface area contributed by atoms with E-state index in [1.807, 2.05) is 18.5 Å². The summed E-state index contributed by atoms with van der Waals surface area (Å²) >= 11 is 0. The Bertz CT molecular complexity index is 611. The standard InChI is InChI=1S/C12H12FN5/c1-8-16-17-12(18(8)2)7-15-10-3-4-11(13)9(5-10)6-14/h3-5,15H,7H2,1-2H3. The number of nitrogens with zero attached hydrogens (tertiary/aromatic N) is 4. The van der Waals surface area contributed by atoms with Crippen molar-refractivity contribution < 1.29 is 4.39 Å². The highest BCUT2D eigenvalue weighted by atomic mass is 19.1. The molecule has 1 aromatic carbocycles. The molecule has 0 aliphatic rings. The van der Waals surface area contributed by atoms with Gasteiger partial charge >= 0.3 is 0 Å². The monoisotopic (exact) mass is 245 g/mol. The highest BCUT2D eigenvalue weighted by Crippen LogP contribution is 2.14. The predicted molar refractivity (Wildman–Crippen MR) is 64.2 cm³/mol. The molecule has 18 heavy (non-hydrogen) atoms. The fourth-order valence-electron chi connectivity index (χ4n) is 1.51. The van der Waals surface area contributed by atoms with Crippen LogP contribution in [0.25, 0.3) is 0 Å². The van der Waals surface area contributed by atoms with Gasteiger partial charge in [-0.25, -0.2) is 4.39 Å². The molecule has 0 atom stereocenters. The Morgan fingerprint density at radius 3 is 2.83 bits per heavy atom. The molecule has 0 unspecified atom stereocenters. The van der Waals surface area contributed by atoms with Crippen molar-refractivity contribution in [2.24, 2.45) is 7.05 Å². The van der Waals surface area contributed by atoms with Gasteiger partial charge < -0.3 is 9.88 Å². The maximum absolute atomic E-state index is 13.1. The topological polar surface area (TPSA) is 66.5 Å². The van der Waals surface area contributed by atoms with E-state index < -0.39 is 5.82 Å². The van der Waals surface area contributed by atoms with Gasteiger partial charge in [0.1, 0.15) is 17.7 Å². The van der Waals surface area contributed by atoms with E-state index in [0.29, 0.717) is 12.2 Å². The van der Waals surface area contributed by atoms with Crippen LogP contribution in [0.2, 0.25) is 0 Å². The summed E-state index contributed by atoms with van der Waals surface area (Å²) < 4.78 is 15.0. The average Bonchev–Trinajstić information content (AvgIpc) is 2.69. The lowest BCUT2D eigenvalue weighted by atomic mass is 10.2. The van der Waals surface area contributed by atoms with Gasteiger partial charge in [-0.3, -0.25) is 0 Å². The number of halogens is 1. The van der Waals surface area contributed by atoms with Gasteiger partial charge in [0.25, 0.3) is 0 Å². The maximum atomic E-state index is 13.1. The van der Waals surface area contributed by atoms with Gasteiger partial charge in [-0.2, -0.15) is 5.26 Å². The smallest absolute Gasteiger partial charge is 0.152 e. The minimum Gasteiger partial charge on any atom is -0.378 e. The van der Waals surface area contributed by atoms with E-state index in [9.17, 15) is 4.39 Å². The molecule has 0 spiro atoms. The van der Waals surface area contributed by atoms with E-state index in [4.69, 9.17) is 5.26 Å². The average molecular weight is 245 g/mol. The molecule has 0 saturated heterocycles. The van der Waals surface area contributed by atoms with Crippen molar-refractivity contribution in [3.8, 4) is 6.07 Å². The second-order valence-corrected chi connectivity index (χ2v) is 3.88. The molecular weight excluding hydrogens is 233 g/mol. The van der Waals surface area contributed by atoms with Crippen molar-refractivity contribution in [1.82, 2.24) is 14.8 Å². The minimum atomic E-state index is -0.516. The third kappa shape index (κ3) is 2.30. The number of hydrogen-bond donors (Lipinski definition) is 1. The van der Waals surface area contributed by atoms with E-state index in [1.54, 1.807) is 12.1 Å². The largest absolute Gasteiger partial charge is 0.378 e. The molecule has 92 valence electrons. The Balaban J connectivity index is 2.11. The van der Waals surface area contributed by atoms with Crippen LogP contribution in [0.3, 0.4) is 0 Å². The Kier molecular flexibility index (Phi) is 3.24. The first-order valence-corrected chi connectivity index (χ1v) is 5.40. The van der Waals surface area contributed by atoms with Crippen LogP contribution in [-0.4, -0.2) is 14.8 Å². The molecule has 0 aliphatic carbocycles. The van der Waals surface area contributed by atoms with E-state index >= 15 is 0 Å². The van der Waals surface area contributed by atoms with Crippen LogP contribution in [0.5, 0.6) is 0 Å². The lowest BCUT2D eigenvalue weighted by Gasteiger charge is -2.06. The van der Waals surface area contributed by atoms with Crippen LogP contribution in [0, 0.1) is 24.1 Å². The molecule has 0 amide bonds. The summed E-state index contributed by atoms with van der Waals surface area (Å²) in [5, 5.41) is 19.7. The van der Waals surface area contributed by atoms with E-state index in [-0.39, 0.29) is 5.56 Å². The van der Waals surface area contributed by atoms with Crippen LogP contribution in [0.15, 0.2) is 18.2 Å². The Hall–Kier alpha value is -2.42. The second kappa shape index (κ2) is 4.84. The van der Waals surface area contributed by atoms with E-state index in [1.165, 1.54) is 12.1 Å². The summed E-state index contributed by atoms with van der Waals surface area (Å²) in [6.45, 7) is 2.33. The molecule has 0 fully saturated rings. The van der Waals surface area contributed by atoms with Crippen LogP contribution < -0.4 is 5.32 Å². The number of anilines is 1. The first kappa shape index (κ1) is 12.0. The Morgan fingerprint density at radius 2 is 2.22 bits per heavy atom. The molecule has 1 heterocycles. The Morgan fingerprint density at radius 1 is 1.44 bits per heavy atom. The number of hydrogen-bond acceptors (Lipinski definition) is 4. The van der Waals surface area contributed by atoms with Crippen LogP contribution >= 0.6 is 0 Å². The zero-order chi connectivity index (χ0) is 13.1. The number of nitrogens with one attached hydrogen (secondary N) is 1. The summed E-state index contributed by atoms with van der Waals surface area (Å²) in [6, 6.07) is 6.12. The fourth-order valence-corrected chi connectivity index (χ4v) is 1.51. The number of benzene rings is 1. The number of rotatable bonds is 3. The summed E-state index contributed by atoms with van der Waals surface area (Å²) in [5.74, 6) is 1.08. The normalized spacial score (nSPS) is 10.1. The highest BCUT2D eigenvalue weighted by molar-refractivity contribution is 5.49. The quantitative estimate of drug-likeness (QED) is 0.894. The molecule has 0 radical (unpaired) electrons. The van der Waals surface area contributed by atoms with Gasteiger partial charge in [-0.05, 0) is 25.1 Å². The zero-order valence-electron chi connectivity index (χ0n) is 10.1. The SMILES string of the molecule is Cc1nnc(CNc2ccc(F)c(C#N)c2)n1C. The van der Waals surface area contributed by atoms with Crippen molar-refractivity contribution in [3.05, 3.63) is 41.2 Å². The summed E-state index contributed by atoms with van der Waals surface area (Å²) in [5.41, 5.74) is 0.697. The minimum absolute atomic E-state index is 0.0224. The first-order valence-electron chi connectivity index (χ1n) is 5.40. The molecule has 0 bridgehead atoms. The maximum Gasteiger partial charge on any atom is 0.152 e. The summed E-state index contributed by atoms with van der Waals surface area (Å²) in [4.78, 5) is 0. The molecular formula is C12H12FN5. The van der Waals surface area contributed by atoms with Gasteiger partial charge in [0, 0.05) is 12.7 Å². The van der Waals surface area contributed by atoms with Crippen molar-refractivity contribution in [2.75, 3.05) is 5.32 Å². The number of aromatic nitrogens is 3. The molecule has 5 nitrogen and oxygen atoms in total. The third-order valence-electron chi connectivity index (χ3n) is 2.72. The molecule has 0 saturated carbocycles. The Labute approximate surface area is 104 Å². The molecule has 1 aromatic heterocycles. The summed E-state index contributed by atoms with van der Waals surface area (Å²) in [6.07, 6.45) is 0. The van der Waals surface area contributed by atoms with Crippen molar-refractivity contribution >= 4 is 5.69 Å².